The van der Waals surface area contributed by atoms with E-state index in [1.807, 2.05) is 49.6 Å². The van der Waals surface area contributed by atoms with Crippen LogP contribution in [0.3, 0.4) is 0 Å². The lowest BCUT2D eigenvalue weighted by molar-refractivity contribution is 0.0692. The fourth-order valence-electron chi connectivity index (χ4n) is 7.65. The first-order valence-corrected chi connectivity index (χ1v) is 25.1. The average molecular weight is 985 g/mol. The van der Waals surface area contributed by atoms with Crippen molar-refractivity contribution >= 4 is 57.9 Å². The zero-order chi connectivity index (χ0) is 50.6. The van der Waals surface area contributed by atoms with E-state index in [-0.39, 0.29) is 75.4 Å². The van der Waals surface area contributed by atoms with E-state index in [0.29, 0.717) is 28.7 Å². The largest absolute Gasteiger partial charge is 0.389 e. The number of thiazole rings is 2. The van der Waals surface area contributed by atoms with Gasteiger partial charge >= 0.3 is 0 Å². The summed E-state index contributed by atoms with van der Waals surface area (Å²) in [5.41, 5.74) is 2.90. The van der Waals surface area contributed by atoms with E-state index in [0.717, 1.165) is 59.6 Å². The summed E-state index contributed by atoms with van der Waals surface area (Å²) in [6.45, 7) is 27.6. The van der Waals surface area contributed by atoms with Crippen LogP contribution in [-0.2, 0) is 6.54 Å². The normalized spacial score (nSPS) is 16.7. The second kappa shape index (κ2) is 21.4. The van der Waals surface area contributed by atoms with E-state index in [1.54, 1.807) is 26.2 Å². The smallest absolute Gasteiger partial charge is 0.280 e. The molecular formula is C48H68N14O5S2. The number of hydrogen-bond donors (Lipinski definition) is 6. The SMILES string of the molecule is Cc1cc(NC(C)(C)C)ncc1-c1sc(C(=O)NCc2nn[nH]n2)nc1C(=O)N1CCC[C@@H]1C.Cc1cc(N[C@H](C)C(C)(C)C)ncc1-c1sc(C(=O)NCC(C)(C)O)nc1C(=O)N1CCC[C@@H]1C. The lowest BCUT2D eigenvalue weighted by atomic mass is 9.88. The van der Waals surface area contributed by atoms with Gasteiger partial charge < -0.3 is 36.2 Å². The molecule has 2 fully saturated rings. The predicted molar refractivity (Wildman–Crippen MR) is 270 cm³/mol. The number of pyridine rings is 2. The van der Waals surface area contributed by atoms with Gasteiger partial charge in [-0.25, -0.2) is 19.9 Å². The van der Waals surface area contributed by atoms with E-state index in [2.05, 4.69) is 110 Å². The summed E-state index contributed by atoms with van der Waals surface area (Å²) in [4.78, 5) is 75.8. The third-order valence-electron chi connectivity index (χ3n) is 12.0. The first-order valence-electron chi connectivity index (χ1n) is 23.4. The Morgan fingerprint density at radius 1 is 0.783 bits per heavy atom. The molecule has 69 heavy (non-hydrogen) atoms. The van der Waals surface area contributed by atoms with E-state index in [9.17, 15) is 24.3 Å². The minimum atomic E-state index is -1.05. The van der Waals surface area contributed by atoms with Gasteiger partial charge in [-0.15, -0.1) is 32.9 Å². The highest BCUT2D eigenvalue weighted by molar-refractivity contribution is 7.17. The number of carbonyl (C=O) groups excluding carboxylic acids is 4. The molecule has 7 rings (SSSR count). The Bertz CT molecular complexity index is 2630. The second-order valence-corrected chi connectivity index (χ2v) is 22.8. The Labute approximate surface area is 412 Å². The Hall–Kier alpha value is -5.93. The van der Waals surface area contributed by atoms with Crippen LogP contribution in [0.15, 0.2) is 24.5 Å². The highest BCUT2D eigenvalue weighted by Gasteiger charge is 2.34. The average Bonchev–Trinajstić information content (AvgIpc) is 4.12. The van der Waals surface area contributed by atoms with Crippen LogP contribution in [0.25, 0.3) is 20.9 Å². The molecule has 0 spiro atoms. The molecule has 372 valence electrons. The molecule has 19 nitrogen and oxygen atoms in total. The number of H-pyrrole nitrogens is 1. The lowest BCUT2D eigenvalue weighted by Gasteiger charge is -2.28. The molecule has 7 heterocycles. The van der Waals surface area contributed by atoms with Crippen LogP contribution in [0.4, 0.5) is 11.6 Å². The summed E-state index contributed by atoms with van der Waals surface area (Å²) >= 11 is 2.37. The highest BCUT2D eigenvalue weighted by Crippen LogP contribution is 2.37. The molecule has 4 amide bonds. The highest BCUT2D eigenvalue weighted by atomic mass is 32.1. The van der Waals surface area contributed by atoms with Crippen LogP contribution < -0.4 is 21.3 Å². The van der Waals surface area contributed by atoms with Crippen LogP contribution in [-0.4, -0.2) is 128 Å². The van der Waals surface area contributed by atoms with Crippen molar-refractivity contribution in [3.8, 4) is 20.9 Å². The van der Waals surface area contributed by atoms with Gasteiger partial charge in [0.25, 0.3) is 23.6 Å². The summed E-state index contributed by atoms with van der Waals surface area (Å²) in [5, 5.41) is 36.1. The fraction of sp³-hybridized carbons (Fsp3) is 0.562. The van der Waals surface area contributed by atoms with Crippen LogP contribution in [0.2, 0.25) is 0 Å². The van der Waals surface area contributed by atoms with Gasteiger partial charge in [0.15, 0.2) is 15.8 Å². The van der Waals surface area contributed by atoms with Gasteiger partial charge in [0, 0.05) is 66.8 Å². The maximum Gasteiger partial charge on any atom is 0.280 e. The number of amides is 4. The van der Waals surface area contributed by atoms with Crippen LogP contribution in [0, 0.1) is 19.3 Å². The monoisotopic (exact) mass is 984 g/mol. The maximum atomic E-state index is 13.5. The van der Waals surface area contributed by atoms with E-state index < -0.39 is 17.4 Å². The van der Waals surface area contributed by atoms with Crippen molar-refractivity contribution in [2.24, 2.45) is 5.41 Å². The third kappa shape index (κ3) is 13.4. The molecule has 0 bridgehead atoms. The summed E-state index contributed by atoms with van der Waals surface area (Å²) in [5.74, 6) is 0.737. The van der Waals surface area contributed by atoms with E-state index in [1.165, 1.54) is 22.7 Å². The van der Waals surface area contributed by atoms with Crippen molar-refractivity contribution in [3.63, 3.8) is 0 Å². The number of aliphatic hydroxyl groups is 1. The topological polar surface area (TPSA) is 249 Å². The van der Waals surface area contributed by atoms with Gasteiger partial charge in [-0.05, 0) is 124 Å². The lowest BCUT2D eigenvalue weighted by Crippen LogP contribution is -2.38. The first-order chi connectivity index (χ1) is 32.3. The number of aromatic amines is 1. The van der Waals surface area contributed by atoms with Gasteiger partial charge in [0.05, 0.1) is 21.9 Å². The number of carbonyl (C=O) groups is 4. The van der Waals surface area contributed by atoms with Gasteiger partial charge in [-0.3, -0.25) is 19.2 Å². The summed E-state index contributed by atoms with van der Waals surface area (Å²) in [6.07, 6.45) is 7.32. The molecule has 0 radical (unpaired) electrons. The number of aryl methyl sites for hydroxylation is 2. The second-order valence-electron chi connectivity index (χ2n) is 20.8. The Kier molecular flexibility index (Phi) is 16.2. The molecule has 0 aromatic carbocycles. The molecule has 2 saturated heterocycles. The maximum absolute atomic E-state index is 13.5. The molecule has 0 unspecified atom stereocenters. The van der Waals surface area contributed by atoms with Gasteiger partial charge in [-0.1, -0.05) is 26.0 Å². The van der Waals surface area contributed by atoms with Crippen molar-refractivity contribution in [2.75, 3.05) is 30.3 Å². The van der Waals surface area contributed by atoms with Gasteiger partial charge in [0.1, 0.15) is 23.0 Å². The Morgan fingerprint density at radius 2 is 1.28 bits per heavy atom. The third-order valence-corrected chi connectivity index (χ3v) is 14.2. The number of likely N-dealkylation sites (tertiary alicyclic amines) is 2. The molecule has 21 heteroatoms. The summed E-state index contributed by atoms with van der Waals surface area (Å²) < 4.78 is 0. The number of aromatic nitrogens is 8. The summed E-state index contributed by atoms with van der Waals surface area (Å²) in [7, 11) is 0. The fourth-order valence-corrected chi connectivity index (χ4v) is 9.75. The van der Waals surface area contributed by atoms with Crippen LogP contribution in [0.1, 0.15) is 159 Å². The molecule has 0 aliphatic carbocycles. The van der Waals surface area contributed by atoms with Crippen molar-refractivity contribution in [3.05, 3.63) is 62.9 Å². The van der Waals surface area contributed by atoms with E-state index in [4.69, 9.17) is 0 Å². The van der Waals surface area contributed by atoms with Gasteiger partial charge in [-0.2, -0.15) is 5.21 Å². The number of nitrogens with one attached hydrogen (secondary N) is 5. The molecule has 3 atom stereocenters. The van der Waals surface area contributed by atoms with Crippen LogP contribution in [0.5, 0.6) is 0 Å². The van der Waals surface area contributed by atoms with Crippen molar-refractivity contribution < 1.29 is 24.3 Å². The zero-order valence-corrected chi connectivity index (χ0v) is 43.8. The number of rotatable bonds is 13. The molecule has 6 N–H and O–H groups in total. The van der Waals surface area contributed by atoms with Crippen LogP contribution >= 0.6 is 22.7 Å². The van der Waals surface area contributed by atoms with Gasteiger partial charge in [0.2, 0.25) is 0 Å². The molecule has 2 aliphatic heterocycles. The van der Waals surface area contributed by atoms with Crippen molar-refractivity contribution in [1.82, 2.24) is 61.0 Å². The minimum Gasteiger partial charge on any atom is -0.389 e. The predicted octanol–water partition coefficient (Wildman–Crippen LogP) is 7.28. The first kappa shape index (κ1) is 52.4. The minimum absolute atomic E-state index is 0.0728. The Balaban J connectivity index is 0.000000227. The molecule has 5 aromatic rings. The van der Waals surface area contributed by atoms with Crippen molar-refractivity contribution in [1.29, 1.82) is 0 Å². The zero-order valence-electron chi connectivity index (χ0n) is 42.1. The number of nitrogens with zero attached hydrogens (tertiary/aromatic N) is 9. The molecule has 5 aromatic heterocycles. The standard InChI is InChI=1S/C26H39N5O3S.C22H29N9O2S/c1-15-12-19(29-17(3)25(4,5)6)27-13-18(15)21-20(24(33)31-11-9-10-16(31)2)30-23(35-21)22(32)28-14-26(7,8)34;1-12-9-15(26-22(3,4)5)23-10-14(12)18-17(21(33)31-8-6-7-13(31)2)25-20(34-18)19(32)24-11-16-27-29-30-28-16/h12-13,16-17,34H,9-11,14H2,1-8H3,(H,27,29)(H,28,32);9-10,13H,6-8,11H2,1-5H3,(H,23,26)(H,24,32)(H,27,28,29,30)/t16-,17+;13-/m00/s1. The molecular weight excluding hydrogens is 917 g/mol. The Morgan fingerprint density at radius 3 is 1.70 bits per heavy atom. The number of tetrazole rings is 1. The van der Waals surface area contributed by atoms with E-state index >= 15 is 0 Å². The molecule has 2 aliphatic rings. The number of hydrogen-bond acceptors (Lipinski definition) is 16. The number of anilines is 2. The van der Waals surface area contributed by atoms with Crippen molar-refractivity contribution in [2.45, 2.75) is 152 Å². The molecule has 0 saturated carbocycles. The summed E-state index contributed by atoms with van der Waals surface area (Å²) in [6, 6.07) is 4.40. The quantitative estimate of drug-likeness (QED) is 0.0679.